The molecule has 7 nitrogen and oxygen atoms in total. The van der Waals surface area contributed by atoms with Gasteiger partial charge in [-0.05, 0) is 41.5 Å². The van der Waals surface area contributed by atoms with Crippen LogP contribution in [0.3, 0.4) is 0 Å². The number of nitrogens with one attached hydrogen (secondary N) is 2. The van der Waals surface area contributed by atoms with Gasteiger partial charge in [0, 0.05) is 18.7 Å². The Hall–Kier alpha value is -3.23. The Morgan fingerprint density at radius 3 is 2.61 bits per heavy atom. The Kier molecular flexibility index (Phi) is 5.75. The summed E-state index contributed by atoms with van der Waals surface area (Å²) in [7, 11) is -3.87. The van der Waals surface area contributed by atoms with Crippen LogP contribution in [0, 0.1) is 0 Å². The van der Waals surface area contributed by atoms with E-state index >= 15 is 0 Å². The van der Waals surface area contributed by atoms with Crippen LogP contribution in [0.5, 0.6) is 0 Å². The average molecular weight is 438 g/mol. The smallest absolute Gasteiger partial charge is 0.251 e. The number of nitrogens with zero attached hydrogens (tertiary/aromatic N) is 1. The predicted octanol–water partition coefficient (Wildman–Crippen LogP) is 2.45. The molecular weight excluding hydrogens is 414 g/mol. The molecule has 8 heteroatoms. The van der Waals surface area contributed by atoms with Crippen LogP contribution in [0.4, 0.5) is 0 Å². The average Bonchev–Trinajstić information content (AvgIpc) is 2.78. The summed E-state index contributed by atoms with van der Waals surface area (Å²) in [6, 6.07) is 19.5. The highest BCUT2D eigenvalue weighted by Gasteiger charge is 2.29. The largest absolute Gasteiger partial charge is 0.354 e. The Morgan fingerprint density at radius 1 is 1.06 bits per heavy atom. The van der Waals surface area contributed by atoms with Crippen LogP contribution in [0.25, 0.3) is 10.8 Å². The van der Waals surface area contributed by atoms with Crippen molar-refractivity contribution in [1.29, 1.82) is 0 Å². The summed E-state index contributed by atoms with van der Waals surface area (Å²) in [4.78, 5) is 24.5. The fraction of sp³-hybridized carbons (Fsp3) is 0.217. The molecule has 0 spiro atoms. The lowest BCUT2D eigenvalue weighted by Gasteiger charge is -2.26. The van der Waals surface area contributed by atoms with Crippen molar-refractivity contribution in [2.24, 2.45) is 0 Å². The summed E-state index contributed by atoms with van der Waals surface area (Å²) in [5, 5.41) is 7.70. The fourth-order valence-electron chi connectivity index (χ4n) is 3.75. The van der Waals surface area contributed by atoms with Gasteiger partial charge in [-0.15, -0.1) is 0 Å². The number of benzene rings is 3. The van der Waals surface area contributed by atoms with Crippen molar-refractivity contribution >= 4 is 32.6 Å². The van der Waals surface area contributed by atoms with Gasteiger partial charge in [-0.25, -0.2) is 8.42 Å². The van der Waals surface area contributed by atoms with Crippen molar-refractivity contribution in [3.05, 3.63) is 77.9 Å². The van der Waals surface area contributed by atoms with Crippen LogP contribution >= 0.6 is 0 Å². The van der Waals surface area contributed by atoms with Gasteiger partial charge in [0.15, 0.2) is 0 Å². The number of hydrogen-bond acceptors (Lipinski definition) is 4. The number of hydrogen-bond donors (Lipinski definition) is 2. The first-order valence-electron chi connectivity index (χ1n) is 10.0. The SMILES string of the molecule is CC(NC(=O)c1cccc(S(=O)(=O)N2CCNC(=O)C2)c1)c1cccc2ccccc12. The van der Waals surface area contributed by atoms with Crippen molar-refractivity contribution < 1.29 is 18.0 Å². The molecular formula is C23H23N3O4S. The van der Waals surface area contributed by atoms with E-state index in [1.54, 1.807) is 6.07 Å². The summed E-state index contributed by atoms with van der Waals surface area (Å²) in [5.41, 5.74) is 1.23. The van der Waals surface area contributed by atoms with Gasteiger partial charge >= 0.3 is 0 Å². The maximum atomic E-state index is 12.9. The number of rotatable bonds is 5. The minimum Gasteiger partial charge on any atom is -0.354 e. The molecule has 3 aromatic carbocycles. The zero-order chi connectivity index (χ0) is 22.0. The second kappa shape index (κ2) is 8.49. The van der Waals surface area contributed by atoms with Gasteiger partial charge in [-0.1, -0.05) is 48.5 Å². The highest BCUT2D eigenvalue weighted by Crippen LogP contribution is 2.25. The number of carbonyl (C=O) groups is 2. The third-order valence-corrected chi connectivity index (χ3v) is 7.22. The van der Waals surface area contributed by atoms with E-state index in [0.717, 1.165) is 20.6 Å². The van der Waals surface area contributed by atoms with E-state index in [1.165, 1.54) is 18.2 Å². The van der Waals surface area contributed by atoms with E-state index in [2.05, 4.69) is 10.6 Å². The first kappa shape index (κ1) is 21.0. The standard InChI is InChI=1S/C23H23N3O4S/c1-16(20-11-5-7-17-6-2-3-10-21(17)20)25-23(28)18-8-4-9-19(14-18)31(29,30)26-13-12-24-22(27)15-26/h2-11,14,16H,12-13,15H2,1H3,(H,24,27)(H,25,28). The molecule has 1 fully saturated rings. The highest BCUT2D eigenvalue weighted by molar-refractivity contribution is 7.89. The second-order valence-electron chi connectivity index (χ2n) is 7.48. The van der Waals surface area contributed by atoms with Gasteiger partial charge in [0.1, 0.15) is 0 Å². The lowest BCUT2D eigenvalue weighted by molar-refractivity contribution is -0.122. The molecule has 1 aliphatic rings. The lowest BCUT2D eigenvalue weighted by atomic mass is 9.99. The van der Waals surface area contributed by atoms with E-state index < -0.39 is 10.0 Å². The van der Waals surface area contributed by atoms with Crippen LogP contribution in [-0.2, 0) is 14.8 Å². The Morgan fingerprint density at radius 2 is 1.81 bits per heavy atom. The number of amides is 2. The van der Waals surface area contributed by atoms with E-state index in [9.17, 15) is 18.0 Å². The minimum absolute atomic E-state index is 0.00679. The van der Waals surface area contributed by atoms with Gasteiger partial charge in [0.25, 0.3) is 5.91 Å². The second-order valence-corrected chi connectivity index (χ2v) is 9.42. The Labute approximate surface area is 181 Å². The topological polar surface area (TPSA) is 95.6 Å². The summed E-state index contributed by atoms with van der Waals surface area (Å²) >= 11 is 0. The quantitative estimate of drug-likeness (QED) is 0.641. The molecule has 0 radical (unpaired) electrons. The van der Waals surface area contributed by atoms with E-state index in [1.807, 2.05) is 49.4 Å². The first-order valence-corrected chi connectivity index (χ1v) is 11.5. The molecule has 1 heterocycles. The van der Waals surface area contributed by atoms with Gasteiger partial charge in [0.05, 0.1) is 17.5 Å². The highest BCUT2D eigenvalue weighted by atomic mass is 32.2. The maximum absolute atomic E-state index is 12.9. The van der Waals surface area contributed by atoms with Crippen LogP contribution in [0.1, 0.15) is 28.9 Å². The third kappa shape index (κ3) is 4.30. The number of carbonyl (C=O) groups excluding carboxylic acids is 2. The zero-order valence-corrected chi connectivity index (χ0v) is 17.9. The number of sulfonamides is 1. The van der Waals surface area contributed by atoms with E-state index in [-0.39, 0.29) is 47.9 Å². The van der Waals surface area contributed by atoms with Crippen molar-refractivity contribution in [2.45, 2.75) is 17.9 Å². The number of fused-ring (bicyclic) bond motifs is 1. The van der Waals surface area contributed by atoms with Crippen molar-refractivity contribution in [1.82, 2.24) is 14.9 Å². The van der Waals surface area contributed by atoms with E-state index in [0.29, 0.717) is 0 Å². The molecule has 2 amide bonds. The molecule has 160 valence electrons. The molecule has 0 bridgehead atoms. The molecule has 0 aromatic heterocycles. The molecule has 1 atom stereocenters. The molecule has 31 heavy (non-hydrogen) atoms. The summed E-state index contributed by atoms with van der Waals surface area (Å²) in [5.74, 6) is -0.707. The molecule has 3 aromatic rings. The number of piperazine rings is 1. The van der Waals surface area contributed by atoms with E-state index in [4.69, 9.17) is 0 Å². The zero-order valence-electron chi connectivity index (χ0n) is 17.0. The minimum atomic E-state index is -3.87. The maximum Gasteiger partial charge on any atom is 0.251 e. The van der Waals surface area contributed by atoms with Crippen LogP contribution in [0.15, 0.2) is 71.6 Å². The van der Waals surface area contributed by atoms with Gasteiger partial charge in [0.2, 0.25) is 15.9 Å². The van der Waals surface area contributed by atoms with Gasteiger partial charge < -0.3 is 10.6 Å². The first-order chi connectivity index (χ1) is 14.9. The molecule has 4 rings (SSSR count). The van der Waals surface area contributed by atoms with Gasteiger partial charge in [-0.3, -0.25) is 9.59 Å². The Bertz CT molecular complexity index is 1250. The molecule has 2 N–H and O–H groups in total. The van der Waals surface area contributed by atoms with Gasteiger partial charge in [-0.2, -0.15) is 4.31 Å². The van der Waals surface area contributed by atoms with Crippen LogP contribution < -0.4 is 10.6 Å². The lowest BCUT2D eigenvalue weighted by Crippen LogP contribution is -2.49. The summed E-state index contributed by atoms with van der Waals surface area (Å²) < 4.78 is 27.0. The molecule has 1 saturated heterocycles. The molecule has 0 saturated carbocycles. The van der Waals surface area contributed by atoms with Crippen molar-refractivity contribution in [3.8, 4) is 0 Å². The Balaban J connectivity index is 1.56. The third-order valence-electron chi connectivity index (χ3n) is 5.37. The summed E-state index contributed by atoms with van der Waals surface area (Å²) in [6.07, 6.45) is 0. The molecule has 1 unspecified atom stereocenters. The fourth-order valence-corrected chi connectivity index (χ4v) is 5.20. The molecule has 1 aliphatic heterocycles. The normalized spacial score (nSPS) is 16.0. The molecule has 0 aliphatic carbocycles. The van der Waals surface area contributed by atoms with Crippen LogP contribution in [0.2, 0.25) is 0 Å². The predicted molar refractivity (Wildman–Crippen MR) is 118 cm³/mol. The summed E-state index contributed by atoms with van der Waals surface area (Å²) in [6.45, 7) is 2.13. The van der Waals surface area contributed by atoms with Crippen molar-refractivity contribution in [3.63, 3.8) is 0 Å². The van der Waals surface area contributed by atoms with Crippen LogP contribution in [-0.4, -0.2) is 44.2 Å². The monoisotopic (exact) mass is 437 g/mol. The van der Waals surface area contributed by atoms with Crippen molar-refractivity contribution in [2.75, 3.05) is 19.6 Å².